The third-order valence-electron chi connectivity index (χ3n) is 10.2. The van der Waals surface area contributed by atoms with E-state index >= 15 is 0 Å². The van der Waals surface area contributed by atoms with Gasteiger partial charge in [-0.25, -0.2) is 0 Å². The lowest BCUT2D eigenvalue weighted by molar-refractivity contribution is -0.351. The Kier molecular flexibility index (Phi) is 7.27. The normalized spacial score (nSPS) is 41.2. The Balaban J connectivity index is 1.81. The van der Waals surface area contributed by atoms with Crippen molar-refractivity contribution in [1.82, 2.24) is 0 Å². The molecule has 1 heterocycles. The molecule has 1 aromatic rings. The molecule has 1 aliphatic heterocycles. The van der Waals surface area contributed by atoms with Gasteiger partial charge in [-0.1, -0.05) is 44.2 Å². The highest BCUT2D eigenvalue weighted by Gasteiger charge is 2.77. The van der Waals surface area contributed by atoms with Crippen molar-refractivity contribution >= 4 is 17.7 Å². The molecule has 0 aromatic heterocycles. The fourth-order valence-corrected chi connectivity index (χ4v) is 7.98. The molecule has 0 radical (unpaired) electrons. The van der Waals surface area contributed by atoms with Crippen LogP contribution in [0.2, 0.25) is 0 Å². The molecule has 10 heteroatoms. The van der Waals surface area contributed by atoms with Crippen molar-refractivity contribution in [3.05, 3.63) is 47.0 Å². The van der Waals surface area contributed by atoms with Crippen molar-refractivity contribution in [2.45, 2.75) is 103 Å². The summed E-state index contributed by atoms with van der Waals surface area (Å²) < 4.78 is 24.1. The molecule has 1 aromatic carbocycles. The van der Waals surface area contributed by atoms with E-state index < -0.39 is 76.2 Å². The van der Waals surface area contributed by atoms with Crippen LogP contribution in [0, 0.1) is 16.7 Å². The SMILES string of the molecule is CC(=O)O[C@@H]1C(=O)[C@]2(C)C([C@H](OCc3ccccc3)[C@]3(O)C[C@H](O)C(C)=C1C3(C)C)[C@]1(OC(C)=O)CO[C@H]1C[C@@H]2O. The maximum Gasteiger partial charge on any atom is 0.303 e. The molecule has 2 saturated carbocycles. The maximum atomic E-state index is 14.8. The summed E-state index contributed by atoms with van der Waals surface area (Å²) in [5.41, 5.74) is -4.80. The van der Waals surface area contributed by atoms with Crippen molar-refractivity contribution in [3.8, 4) is 0 Å². The summed E-state index contributed by atoms with van der Waals surface area (Å²) in [6.45, 7) is 9.06. The number of benzene rings is 1. The first-order valence-electron chi connectivity index (χ1n) is 14.1. The highest BCUT2D eigenvalue weighted by atomic mass is 16.6. The van der Waals surface area contributed by atoms with Crippen LogP contribution in [-0.2, 0) is 39.9 Å². The van der Waals surface area contributed by atoms with E-state index in [2.05, 4.69) is 0 Å². The van der Waals surface area contributed by atoms with E-state index in [0.717, 1.165) is 5.56 Å². The van der Waals surface area contributed by atoms with E-state index in [4.69, 9.17) is 18.9 Å². The highest BCUT2D eigenvalue weighted by Crippen LogP contribution is 2.64. The standard InChI is InChI=1S/C31H40O10/c1-16-20(34)13-31(37)27(38-14-19-10-8-7-9-11-19)25-29(6,21(35)12-22-30(25,15-39-22)41-18(3)33)26(36)24(40-17(2)32)23(16)28(31,4)5/h7-11,20-22,24-25,27,34-35,37H,12-15H2,1-6H3/t20-,21-,22-,24-,25?,27-,29-,30-,31+/m0/s1. The molecule has 5 rings (SSSR count). The Labute approximate surface area is 239 Å². The van der Waals surface area contributed by atoms with E-state index in [1.54, 1.807) is 27.7 Å². The number of ketones is 1. The second kappa shape index (κ2) is 9.98. The van der Waals surface area contributed by atoms with Crippen molar-refractivity contribution in [2.24, 2.45) is 16.7 Å². The first-order chi connectivity index (χ1) is 19.1. The molecule has 9 atom stereocenters. The molecule has 3 fully saturated rings. The number of fused-ring (bicyclic) bond motifs is 5. The molecule has 0 amide bonds. The molecule has 2 bridgehead atoms. The topological polar surface area (TPSA) is 149 Å². The van der Waals surface area contributed by atoms with Crippen LogP contribution in [0.15, 0.2) is 41.5 Å². The quantitative estimate of drug-likeness (QED) is 0.353. The summed E-state index contributed by atoms with van der Waals surface area (Å²) in [5.74, 6) is -3.09. The molecule has 1 unspecified atom stereocenters. The maximum absolute atomic E-state index is 14.8. The van der Waals surface area contributed by atoms with Gasteiger partial charge in [0, 0.05) is 38.0 Å². The molecule has 1 saturated heterocycles. The Morgan fingerprint density at radius 2 is 1.73 bits per heavy atom. The minimum absolute atomic E-state index is 0.0211. The Morgan fingerprint density at radius 1 is 1.07 bits per heavy atom. The minimum atomic E-state index is -1.87. The summed E-state index contributed by atoms with van der Waals surface area (Å²) in [5, 5.41) is 35.9. The third kappa shape index (κ3) is 4.21. The lowest BCUT2D eigenvalue weighted by Gasteiger charge is -2.67. The Hall–Kier alpha value is -2.63. The monoisotopic (exact) mass is 572 g/mol. The number of aliphatic hydroxyl groups is 3. The lowest BCUT2D eigenvalue weighted by atomic mass is 9.44. The summed E-state index contributed by atoms with van der Waals surface area (Å²) in [6, 6.07) is 9.28. The van der Waals surface area contributed by atoms with E-state index in [9.17, 15) is 29.7 Å². The van der Waals surface area contributed by atoms with Crippen molar-refractivity contribution in [3.63, 3.8) is 0 Å². The number of carbonyl (C=O) groups is 3. The molecule has 224 valence electrons. The second-order valence-electron chi connectivity index (χ2n) is 12.8. The van der Waals surface area contributed by atoms with Gasteiger partial charge in [-0.05, 0) is 30.6 Å². The van der Waals surface area contributed by atoms with Gasteiger partial charge < -0.3 is 34.3 Å². The molecule has 41 heavy (non-hydrogen) atoms. The molecule has 3 N–H and O–H groups in total. The number of carbonyl (C=O) groups excluding carboxylic acids is 3. The third-order valence-corrected chi connectivity index (χ3v) is 10.2. The van der Waals surface area contributed by atoms with E-state index in [1.165, 1.54) is 13.8 Å². The molecule has 4 aliphatic rings. The van der Waals surface area contributed by atoms with E-state index in [1.807, 2.05) is 30.3 Å². The van der Waals surface area contributed by atoms with Crippen molar-refractivity contribution in [2.75, 3.05) is 6.61 Å². The van der Waals surface area contributed by atoms with Crippen LogP contribution < -0.4 is 0 Å². The van der Waals surface area contributed by atoms with Crippen LogP contribution in [0.25, 0.3) is 0 Å². The van der Waals surface area contributed by atoms with Crippen LogP contribution in [0.1, 0.15) is 59.9 Å². The zero-order chi connectivity index (χ0) is 30.1. The first-order valence-corrected chi connectivity index (χ1v) is 14.1. The van der Waals surface area contributed by atoms with Crippen LogP contribution in [0.3, 0.4) is 0 Å². The molecule has 0 spiro atoms. The van der Waals surface area contributed by atoms with Gasteiger partial charge in [0.25, 0.3) is 0 Å². The Bertz CT molecular complexity index is 1270. The van der Waals surface area contributed by atoms with Crippen molar-refractivity contribution in [1.29, 1.82) is 0 Å². The number of rotatable bonds is 5. The van der Waals surface area contributed by atoms with Crippen LogP contribution >= 0.6 is 0 Å². The van der Waals surface area contributed by atoms with Gasteiger partial charge >= 0.3 is 11.9 Å². The summed E-state index contributed by atoms with van der Waals surface area (Å²) in [7, 11) is 0. The molecular weight excluding hydrogens is 532 g/mol. The van der Waals surface area contributed by atoms with Gasteiger partial charge in [0.1, 0.15) is 11.7 Å². The van der Waals surface area contributed by atoms with Gasteiger partial charge in [-0.3, -0.25) is 14.4 Å². The van der Waals surface area contributed by atoms with Crippen LogP contribution in [-0.4, -0.2) is 81.4 Å². The van der Waals surface area contributed by atoms with Crippen molar-refractivity contribution < 1.29 is 48.7 Å². The summed E-state index contributed by atoms with van der Waals surface area (Å²) in [4.78, 5) is 39.8. The van der Waals surface area contributed by atoms with Gasteiger partial charge in [0.05, 0.1) is 36.9 Å². The predicted molar refractivity (Wildman–Crippen MR) is 144 cm³/mol. The second-order valence-corrected chi connectivity index (χ2v) is 12.8. The predicted octanol–water partition coefficient (Wildman–Crippen LogP) is 2.01. The fourth-order valence-electron chi connectivity index (χ4n) is 7.98. The van der Waals surface area contributed by atoms with Gasteiger partial charge in [0.2, 0.25) is 0 Å². The molecular formula is C31H40O10. The zero-order valence-electron chi connectivity index (χ0n) is 24.4. The largest absolute Gasteiger partial charge is 0.454 e. The smallest absolute Gasteiger partial charge is 0.303 e. The average molecular weight is 573 g/mol. The Morgan fingerprint density at radius 3 is 2.29 bits per heavy atom. The van der Waals surface area contributed by atoms with Crippen LogP contribution in [0.4, 0.5) is 0 Å². The summed E-state index contributed by atoms with van der Waals surface area (Å²) >= 11 is 0. The average Bonchev–Trinajstić information content (AvgIpc) is 2.88. The highest BCUT2D eigenvalue weighted by molar-refractivity contribution is 5.95. The number of ether oxygens (including phenoxy) is 4. The van der Waals surface area contributed by atoms with Gasteiger partial charge in [-0.15, -0.1) is 0 Å². The number of esters is 2. The lowest BCUT2D eigenvalue weighted by Crippen LogP contribution is -2.81. The molecule has 10 nitrogen and oxygen atoms in total. The summed E-state index contributed by atoms with van der Waals surface area (Å²) in [6.07, 6.45) is -6.19. The number of hydrogen-bond acceptors (Lipinski definition) is 10. The number of hydrogen-bond donors (Lipinski definition) is 3. The number of aliphatic hydroxyl groups excluding tert-OH is 2. The minimum Gasteiger partial charge on any atom is -0.454 e. The molecule has 3 aliphatic carbocycles. The van der Waals surface area contributed by atoms with Gasteiger partial charge in [-0.2, -0.15) is 0 Å². The van der Waals surface area contributed by atoms with Crippen LogP contribution in [0.5, 0.6) is 0 Å². The fraction of sp³-hybridized carbons (Fsp3) is 0.645. The van der Waals surface area contributed by atoms with Gasteiger partial charge in [0.15, 0.2) is 17.5 Å². The van der Waals surface area contributed by atoms with E-state index in [-0.39, 0.29) is 31.6 Å². The zero-order valence-corrected chi connectivity index (χ0v) is 24.4. The number of Topliss-reactive ketones (excluding diaryl/α,β-unsaturated/α-hetero) is 1. The first kappa shape index (κ1) is 29.8. The van der Waals surface area contributed by atoms with E-state index in [0.29, 0.717) is 5.57 Å².